The Labute approximate surface area is 119 Å². The van der Waals surface area contributed by atoms with Crippen LogP contribution in [0.3, 0.4) is 0 Å². The Morgan fingerprint density at radius 3 is 2.62 bits per heavy atom. The minimum atomic E-state index is -4.28. The van der Waals surface area contributed by atoms with E-state index in [2.05, 4.69) is 5.32 Å². The number of piperidine rings is 1. The van der Waals surface area contributed by atoms with Crippen molar-refractivity contribution in [3.8, 4) is 0 Å². The maximum atomic E-state index is 13.8. The molecular formula is C14H17F5N2. The Morgan fingerprint density at radius 1 is 1.24 bits per heavy atom. The van der Waals surface area contributed by atoms with Crippen molar-refractivity contribution in [2.24, 2.45) is 5.92 Å². The number of nitrogens with zero attached hydrogens (tertiary/aromatic N) is 1. The van der Waals surface area contributed by atoms with E-state index in [1.54, 1.807) is 4.90 Å². The lowest BCUT2D eigenvalue weighted by molar-refractivity contribution is -0.126. The van der Waals surface area contributed by atoms with Crippen LogP contribution in [-0.4, -0.2) is 31.9 Å². The van der Waals surface area contributed by atoms with Crippen LogP contribution in [-0.2, 0) is 0 Å². The van der Waals surface area contributed by atoms with Gasteiger partial charge in [0, 0.05) is 19.1 Å². The highest BCUT2D eigenvalue weighted by atomic mass is 19.4. The molecule has 0 amide bonds. The highest BCUT2D eigenvalue weighted by Gasteiger charge is 2.31. The molecule has 1 fully saturated rings. The van der Waals surface area contributed by atoms with E-state index in [1.807, 2.05) is 6.92 Å². The molecule has 1 heterocycles. The fourth-order valence-corrected chi connectivity index (χ4v) is 2.69. The molecule has 118 valence electrons. The molecule has 0 aliphatic carbocycles. The fourth-order valence-electron chi connectivity index (χ4n) is 2.69. The average molecular weight is 308 g/mol. The molecule has 0 aromatic heterocycles. The predicted octanol–water partition coefficient (Wildman–Crippen LogP) is 3.33. The van der Waals surface area contributed by atoms with E-state index in [-0.39, 0.29) is 18.2 Å². The zero-order valence-electron chi connectivity index (χ0n) is 11.6. The monoisotopic (exact) mass is 308 g/mol. The van der Waals surface area contributed by atoms with Gasteiger partial charge in [0.25, 0.3) is 0 Å². The quantitative estimate of drug-likeness (QED) is 0.862. The molecule has 7 heteroatoms. The van der Waals surface area contributed by atoms with Gasteiger partial charge in [0.05, 0.1) is 12.2 Å². The number of hydrogen-bond donors (Lipinski definition) is 1. The lowest BCUT2D eigenvalue weighted by atomic mass is 9.95. The van der Waals surface area contributed by atoms with Crippen molar-refractivity contribution in [1.82, 2.24) is 5.32 Å². The van der Waals surface area contributed by atoms with Gasteiger partial charge in [-0.2, -0.15) is 13.2 Å². The molecule has 0 saturated carbocycles. The minimum Gasteiger partial charge on any atom is -0.367 e. The van der Waals surface area contributed by atoms with Crippen LogP contribution >= 0.6 is 0 Å². The molecule has 2 atom stereocenters. The molecule has 2 rings (SSSR count). The van der Waals surface area contributed by atoms with Crippen LogP contribution in [0.1, 0.15) is 13.3 Å². The van der Waals surface area contributed by atoms with Gasteiger partial charge in [0.1, 0.15) is 0 Å². The van der Waals surface area contributed by atoms with Crippen molar-refractivity contribution in [1.29, 1.82) is 0 Å². The van der Waals surface area contributed by atoms with Crippen molar-refractivity contribution >= 4 is 5.69 Å². The highest BCUT2D eigenvalue weighted by Crippen LogP contribution is 2.27. The standard InChI is InChI=1S/C14H17F5N2/c1-9-5-10(20-8-14(17,18)19)7-21(6-9)12-4-2-3-11(15)13(12)16/h2-4,9-10,20H,5-8H2,1H3. The third kappa shape index (κ3) is 4.30. The topological polar surface area (TPSA) is 15.3 Å². The molecule has 1 aliphatic rings. The van der Waals surface area contributed by atoms with Crippen LogP contribution in [0.2, 0.25) is 0 Å². The molecule has 1 saturated heterocycles. The largest absolute Gasteiger partial charge is 0.401 e. The molecule has 0 radical (unpaired) electrons. The highest BCUT2D eigenvalue weighted by molar-refractivity contribution is 5.48. The van der Waals surface area contributed by atoms with Gasteiger partial charge in [-0.1, -0.05) is 13.0 Å². The van der Waals surface area contributed by atoms with E-state index in [9.17, 15) is 22.0 Å². The predicted molar refractivity (Wildman–Crippen MR) is 70.2 cm³/mol. The molecule has 0 spiro atoms. The summed E-state index contributed by atoms with van der Waals surface area (Å²) in [5.74, 6) is -1.82. The number of alkyl halides is 3. The normalized spacial score (nSPS) is 23.4. The van der Waals surface area contributed by atoms with Crippen LogP contribution in [0.15, 0.2) is 18.2 Å². The number of benzene rings is 1. The summed E-state index contributed by atoms with van der Waals surface area (Å²) in [6.07, 6.45) is -3.71. The summed E-state index contributed by atoms with van der Waals surface area (Å²) in [5.41, 5.74) is 0.0976. The Bertz CT molecular complexity index is 489. The Kier molecular flexibility index (Phi) is 4.70. The maximum Gasteiger partial charge on any atom is 0.401 e. The van der Waals surface area contributed by atoms with E-state index in [0.717, 1.165) is 6.07 Å². The summed E-state index contributed by atoms with van der Waals surface area (Å²) in [6, 6.07) is 3.45. The van der Waals surface area contributed by atoms with Gasteiger partial charge < -0.3 is 10.2 Å². The zero-order chi connectivity index (χ0) is 15.6. The Balaban J connectivity index is 2.08. The van der Waals surface area contributed by atoms with Gasteiger partial charge >= 0.3 is 6.18 Å². The fraction of sp³-hybridized carbons (Fsp3) is 0.571. The number of hydrogen-bond acceptors (Lipinski definition) is 2. The lowest BCUT2D eigenvalue weighted by Crippen LogP contribution is -2.51. The Morgan fingerprint density at radius 2 is 1.95 bits per heavy atom. The van der Waals surface area contributed by atoms with E-state index >= 15 is 0 Å². The van der Waals surface area contributed by atoms with E-state index in [1.165, 1.54) is 12.1 Å². The van der Waals surface area contributed by atoms with Crippen LogP contribution in [0.5, 0.6) is 0 Å². The lowest BCUT2D eigenvalue weighted by Gasteiger charge is -2.38. The van der Waals surface area contributed by atoms with E-state index in [4.69, 9.17) is 0 Å². The summed E-state index contributed by atoms with van der Waals surface area (Å²) in [5, 5.41) is 2.44. The first-order valence-electron chi connectivity index (χ1n) is 6.75. The van der Waals surface area contributed by atoms with Gasteiger partial charge in [-0.15, -0.1) is 0 Å². The third-order valence-electron chi connectivity index (χ3n) is 3.52. The summed E-state index contributed by atoms with van der Waals surface area (Å²) in [4.78, 5) is 1.60. The second-order valence-electron chi connectivity index (χ2n) is 5.51. The number of nitrogens with one attached hydrogen (secondary N) is 1. The van der Waals surface area contributed by atoms with Crippen LogP contribution in [0.25, 0.3) is 0 Å². The molecule has 21 heavy (non-hydrogen) atoms. The first-order chi connectivity index (χ1) is 9.76. The maximum absolute atomic E-state index is 13.8. The molecule has 1 N–H and O–H groups in total. The molecule has 1 aliphatic heterocycles. The second-order valence-corrected chi connectivity index (χ2v) is 5.51. The van der Waals surface area contributed by atoms with Crippen molar-refractivity contribution in [2.75, 3.05) is 24.5 Å². The third-order valence-corrected chi connectivity index (χ3v) is 3.52. The minimum absolute atomic E-state index is 0.0900. The molecule has 1 aromatic carbocycles. The van der Waals surface area contributed by atoms with Crippen LogP contribution in [0.4, 0.5) is 27.6 Å². The average Bonchev–Trinajstić information content (AvgIpc) is 2.38. The molecule has 2 unspecified atom stereocenters. The summed E-state index contributed by atoms with van der Waals surface area (Å²) >= 11 is 0. The smallest absolute Gasteiger partial charge is 0.367 e. The first kappa shape index (κ1) is 16.0. The van der Waals surface area contributed by atoms with Gasteiger partial charge in [-0.05, 0) is 24.5 Å². The van der Waals surface area contributed by atoms with Gasteiger partial charge in [-0.25, -0.2) is 8.78 Å². The molecular weight excluding hydrogens is 291 g/mol. The van der Waals surface area contributed by atoms with Crippen molar-refractivity contribution < 1.29 is 22.0 Å². The molecule has 0 bridgehead atoms. The van der Waals surface area contributed by atoms with Gasteiger partial charge in [0.15, 0.2) is 11.6 Å². The number of rotatable bonds is 3. The Hall–Kier alpha value is -1.37. The zero-order valence-corrected chi connectivity index (χ0v) is 11.6. The summed E-state index contributed by atoms with van der Waals surface area (Å²) in [6.45, 7) is 1.51. The van der Waals surface area contributed by atoms with Crippen molar-refractivity contribution in [2.45, 2.75) is 25.6 Å². The van der Waals surface area contributed by atoms with Crippen LogP contribution < -0.4 is 10.2 Å². The number of anilines is 1. The van der Waals surface area contributed by atoms with E-state index in [0.29, 0.717) is 13.0 Å². The number of halogens is 5. The summed E-state index contributed by atoms with van der Waals surface area (Å²) < 4.78 is 63.8. The molecule has 1 aromatic rings. The molecule has 2 nitrogen and oxygen atoms in total. The SMILES string of the molecule is CC1CC(NCC(F)(F)F)CN(c2cccc(F)c2F)C1. The summed E-state index contributed by atoms with van der Waals surface area (Å²) in [7, 11) is 0. The van der Waals surface area contributed by atoms with Gasteiger partial charge in [-0.3, -0.25) is 0 Å². The van der Waals surface area contributed by atoms with Gasteiger partial charge in [0.2, 0.25) is 0 Å². The van der Waals surface area contributed by atoms with Crippen molar-refractivity contribution in [3.63, 3.8) is 0 Å². The first-order valence-corrected chi connectivity index (χ1v) is 6.75. The van der Waals surface area contributed by atoms with E-state index < -0.39 is 30.4 Å². The van der Waals surface area contributed by atoms with Crippen molar-refractivity contribution in [3.05, 3.63) is 29.8 Å². The van der Waals surface area contributed by atoms with Crippen LogP contribution in [0, 0.1) is 17.6 Å². The second kappa shape index (κ2) is 6.17.